The number of amides is 1. The molecule has 13 heteroatoms. The second-order valence-electron chi connectivity index (χ2n) is 10.3. The maximum absolute atomic E-state index is 13.9. The molecule has 0 aliphatic heterocycles. The highest BCUT2D eigenvalue weighted by Gasteiger charge is 2.21. The Hall–Kier alpha value is -4.65. The molecular formula is C30H30F2N4O6S. The molecule has 1 atom stereocenters. The minimum absolute atomic E-state index is 0.0535. The van der Waals surface area contributed by atoms with Crippen molar-refractivity contribution in [2.24, 2.45) is 0 Å². The number of ether oxygens (including phenoxy) is 3. The molecule has 4 aromatic rings. The predicted molar refractivity (Wildman–Crippen MR) is 156 cm³/mol. The van der Waals surface area contributed by atoms with Gasteiger partial charge in [0.15, 0.2) is 11.5 Å². The molecule has 0 saturated carbocycles. The van der Waals surface area contributed by atoms with E-state index in [4.69, 9.17) is 14.2 Å². The van der Waals surface area contributed by atoms with Gasteiger partial charge < -0.3 is 18.8 Å². The van der Waals surface area contributed by atoms with Gasteiger partial charge in [0, 0.05) is 28.4 Å². The van der Waals surface area contributed by atoms with Crippen molar-refractivity contribution in [1.29, 1.82) is 0 Å². The van der Waals surface area contributed by atoms with Gasteiger partial charge in [-0.1, -0.05) is 12.1 Å². The van der Waals surface area contributed by atoms with E-state index in [9.17, 15) is 22.6 Å². The van der Waals surface area contributed by atoms with Crippen LogP contribution in [0.15, 0.2) is 81.7 Å². The van der Waals surface area contributed by atoms with Crippen LogP contribution in [0.5, 0.6) is 11.5 Å². The van der Waals surface area contributed by atoms with E-state index in [0.29, 0.717) is 17.1 Å². The first-order chi connectivity index (χ1) is 20.4. The number of alkyl halides is 2. The van der Waals surface area contributed by atoms with Crippen molar-refractivity contribution in [3.05, 3.63) is 88.5 Å². The molecule has 0 aliphatic rings. The minimum atomic E-state index is -2.98. The van der Waals surface area contributed by atoms with Crippen molar-refractivity contribution in [1.82, 2.24) is 14.5 Å². The maximum Gasteiger partial charge on any atom is 0.412 e. The van der Waals surface area contributed by atoms with Crippen LogP contribution in [0.1, 0.15) is 38.5 Å². The Morgan fingerprint density at radius 3 is 2.42 bits per heavy atom. The van der Waals surface area contributed by atoms with E-state index >= 15 is 0 Å². The average molecular weight is 613 g/mol. The Kier molecular flexibility index (Phi) is 9.54. The predicted octanol–water partition coefficient (Wildman–Crippen LogP) is 5.82. The molecule has 10 nitrogen and oxygen atoms in total. The fourth-order valence-corrected chi connectivity index (χ4v) is 5.00. The number of carbonyl (C=O) groups excluding carboxylic acids is 1. The van der Waals surface area contributed by atoms with Crippen LogP contribution in [-0.2, 0) is 22.1 Å². The summed E-state index contributed by atoms with van der Waals surface area (Å²) in [6.07, 6.45) is -2.21. The van der Waals surface area contributed by atoms with Gasteiger partial charge in [-0.25, -0.2) is 27.8 Å². The van der Waals surface area contributed by atoms with Gasteiger partial charge in [0.05, 0.1) is 26.5 Å². The first-order valence-electron chi connectivity index (χ1n) is 13.0. The fraction of sp³-hybridized carbons (Fsp3) is 0.267. The Morgan fingerprint density at radius 2 is 1.74 bits per heavy atom. The fourth-order valence-electron chi connectivity index (χ4n) is 3.98. The molecular weight excluding hydrogens is 582 g/mol. The molecule has 0 aliphatic carbocycles. The van der Waals surface area contributed by atoms with E-state index < -0.39 is 34.6 Å². The Bertz CT molecular complexity index is 1720. The van der Waals surface area contributed by atoms with Crippen LogP contribution in [0, 0.1) is 0 Å². The van der Waals surface area contributed by atoms with Gasteiger partial charge in [-0.2, -0.15) is 0 Å². The number of hydrogen-bond acceptors (Lipinski definition) is 8. The molecule has 0 bridgehead atoms. The van der Waals surface area contributed by atoms with Crippen molar-refractivity contribution in [2.75, 3.05) is 19.5 Å². The summed E-state index contributed by atoms with van der Waals surface area (Å²) in [7, 11) is 0.921. The quantitative estimate of drug-likeness (QED) is 0.235. The molecule has 1 amide bonds. The smallest absolute Gasteiger partial charge is 0.412 e. The molecule has 226 valence electrons. The lowest BCUT2D eigenvalue weighted by atomic mass is 10.1. The normalized spacial score (nSPS) is 12.1. The molecule has 0 radical (unpaired) electrons. The lowest BCUT2D eigenvalue weighted by Crippen LogP contribution is -2.27. The van der Waals surface area contributed by atoms with E-state index in [0.717, 1.165) is 11.6 Å². The standard InChI is InChI=1S/C30H30F2N4O6S/c1-30(2,3)42-29(38)33-20-7-6-8-21(14-20)43(39)28-34-22(15-23(35-28)27(31)32)19-10-12-26(37)36(17-19)16-18-9-11-24(40-4)25(13-18)41-5/h6-15,17,27H,16H2,1-5H3,(H,33,38). The number of nitrogens with one attached hydrogen (secondary N) is 1. The molecule has 1 unspecified atom stereocenters. The number of rotatable bonds is 9. The molecule has 0 fully saturated rings. The van der Waals surface area contributed by atoms with Gasteiger partial charge in [0.2, 0.25) is 5.16 Å². The van der Waals surface area contributed by atoms with Gasteiger partial charge in [0.25, 0.3) is 12.0 Å². The number of carbonyl (C=O) groups is 1. The van der Waals surface area contributed by atoms with Crippen LogP contribution in [0.4, 0.5) is 19.3 Å². The zero-order valence-corrected chi connectivity index (χ0v) is 24.9. The maximum atomic E-state index is 13.9. The summed E-state index contributed by atoms with van der Waals surface area (Å²) in [5.74, 6) is 1.01. The van der Waals surface area contributed by atoms with Crippen molar-refractivity contribution in [3.63, 3.8) is 0 Å². The summed E-state index contributed by atoms with van der Waals surface area (Å²) in [6, 6.07) is 15.1. The van der Waals surface area contributed by atoms with Gasteiger partial charge in [-0.3, -0.25) is 10.1 Å². The lowest BCUT2D eigenvalue weighted by molar-refractivity contribution is 0.0636. The first kappa shape index (κ1) is 31.3. The monoisotopic (exact) mass is 612 g/mol. The first-order valence-corrected chi connectivity index (χ1v) is 14.1. The largest absolute Gasteiger partial charge is 0.493 e. The topological polar surface area (TPSA) is 122 Å². The third kappa shape index (κ3) is 8.01. The average Bonchev–Trinajstić information content (AvgIpc) is 2.96. The second-order valence-corrected chi connectivity index (χ2v) is 11.6. The molecule has 1 N–H and O–H groups in total. The molecule has 2 aromatic carbocycles. The van der Waals surface area contributed by atoms with E-state index in [2.05, 4.69) is 15.3 Å². The highest BCUT2D eigenvalue weighted by atomic mass is 32.2. The number of anilines is 1. The third-order valence-electron chi connectivity index (χ3n) is 5.89. The van der Waals surface area contributed by atoms with E-state index in [-0.39, 0.29) is 33.5 Å². The van der Waals surface area contributed by atoms with Gasteiger partial charge >= 0.3 is 6.09 Å². The summed E-state index contributed by atoms with van der Waals surface area (Å²) in [6.45, 7) is 5.29. The van der Waals surface area contributed by atoms with Crippen LogP contribution in [0.3, 0.4) is 0 Å². The van der Waals surface area contributed by atoms with Crippen molar-refractivity contribution in [2.45, 2.75) is 49.4 Å². The van der Waals surface area contributed by atoms with Crippen LogP contribution >= 0.6 is 0 Å². The number of nitrogens with zero attached hydrogens (tertiary/aromatic N) is 3. The van der Waals surface area contributed by atoms with Crippen molar-refractivity contribution >= 4 is 22.6 Å². The van der Waals surface area contributed by atoms with Crippen LogP contribution < -0.4 is 20.3 Å². The van der Waals surface area contributed by atoms with Crippen LogP contribution in [0.25, 0.3) is 11.3 Å². The van der Waals surface area contributed by atoms with Gasteiger partial charge in [0.1, 0.15) is 22.1 Å². The third-order valence-corrected chi connectivity index (χ3v) is 7.08. The molecule has 0 saturated heterocycles. The van der Waals surface area contributed by atoms with Crippen LogP contribution in [-0.4, -0.2) is 44.7 Å². The molecule has 4 rings (SSSR count). The molecule has 0 spiro atoms. The Balaban J connectivity index is 1.67. The molecule has 2 heterocycles. The number of aromatic nitrogens is 3. The summed E-state index contributed by atoms with van der Waals surface area (Å²) < 4.78 is 58.5. The van der Waals surface area contributed by atoms with Crippen molar-refractivity contribution < 1.29 is 32.0 Å². The highest BCUT2D eigenvalue weighted by Crippen LogP contribution is 2.29. The zero-order chi connectivity index (χ0) is 31.3. The molecule has 43 heavy (non-hydrogen) atoms. The number of halogens is 2. The number of pyridine rings is 1. The van der Waals surface area contributed by atoms with E-state index in [1.807, 2.05) is 0 Å². The Morgan fingerprint density at radius 1 is 1.00 bits per heavy atom. The number of benzene rings is 2. The lowest BCUT2D eigenvalue weighted by Gasteiger charge is -2.19. The minimum Gasteiger partial charge on any atom is -0.493 e. The number of hydrogen-bond donors (Lipinski definition) is 1. The van der Waals surface area contributed by atoms with E-state index in [1.165, 1.54) is 49.2 Å². The van der Waals surface area contributed by atoms with Crippen molar-refractivity contribution in [3.8, 4) is 22.8 Å². The second kappa shape index (κ2) is 13.1. The zero-order valence-electron chi connectivity index (χ0n) is 24.1. The summed E-state index contributed by atoms with van der Waals surface area (Å²) >= 11 is 0. The van der Waals surface area contributed by atoms with E-state index in [1.54, 1.807) is 51.1 Å². The van der Waals surface area contributed by atoms with Crippen LogP contribution in [0.2, 0.25) is 0 Å². The number of methoxy groups -OCH3 is 2. The SMILES string of the molecule is COc1ccc(Cn2cc(-c3cc(C(F)F)nc(S(=O)c4cccc(NC(=O)OC(C)(C)C)c4)n3)ccc2=O)cc1OC. The highest BCUT2D eigenvalue weighted by molar-refractivity contribution is 7.85. The summed E-state index contributed by atoms with van der Waals surface area (Å²) in [5, 5.41) is 2.19. The molecule has 2 aromatic heterocycles. The van der Waals surface area contributed by atoms with Gasteiger partial charge in [-0.05, 0) is 68.8 Å². The van der Waals surface area contributed by atoms with Gasteiger partial charge in [-0.15, -0.1) is 0 Å². The summed E-state index contributed by atoms with van der Waals surface area (Å²) in [4.78, 5) is 33.2. The summed E-state index contributed by atoms with van der Waals surface area (Å²) in [5.41, 5.74) is -0.286. The Labute approximate surface area is 249 Å².